The molecule has 0 amide bonds. The van der Waals surface area contributed by atoms with Gasteiger partial charge in [-0.1, -0.05) is 91.0 Å². The van der Waals surface area contributed by atoms with E-state index in [1.54, 1.807) is 0 Å². The Morgan fingerprint density at radius 3 is 1.52 bits per heavy atom. The van der Waals surface area contributed by atoms with Gasteiger partial charge < -0.3 is 0 Å². The van der Waals surface area contributed by atoms with Crippen LogP contribution in [0.5, 0.6) is 0 Å². The molecule has 4 heteroatoms. The normalized spacial score (nSPS) is 12.8. The number of hydrogen-bond donors (Lipinski definition) is 1. The Bertz CT molecular complexity index is 754. The van der Waals surface area contributed by atoms with E-state index >= 15 is 0 Å². The summed E-state index contributed by atoms with van der Waals surface area (Å²) in [5.41, 5.74) is 3.19. The van der Waals surface area contributed by atoms with Gasteiger partial charge in [-0.3, -0.25) is 5.32 Å². The molecule has 0 aliphatic carbocycles. The van der Waals surface area contributed by atoms with Crippen molar-refractivity contribution < 1.29 is 9.09 Å². The van der Waals surface area contributed by atoms with Crippen LogP contribution < -0.4 is 5.32 Å². The van der Waals surface area contributed by atoms with Gasteiger partial charge in [0.05, 0.1) is 13.2 Å². The zero-order chi connectivity index (χ0) is 17.5. The molecule has 0 spiro atoms. The van der Waals surface area contributed by atoms with E-state index in [2.05, 4.69) is 29.6 Å². The highest BCUT2D eigenvalue weighted by molar-refractivity contribution is 7.39. The fourth-order valence-electron chi connectivity index (χ4n) is 2.85. The van der Waals surface area contributed by atoms with Gasteiger partial charge in [-0.2, -0.15) is 0 Å². The second kappa shape index (κ2) is 8.68. The topological polar surface area (TPSA) is 38.3 Å². The van der Waals surface area contributed by atoms with Crippen molar-refractivity contribution in [3.8, 4) is 0 Å². The molecule has 25 heavy (non-hydrogen) atoms. The van der Waals surface area contributed by atoms with Crippen molar-refractivity contribution in [2.75, 3.05) is 7.11 Å². The third kappa shape index (κ3) is 4.40. The van der Waals surface area contributed by atoms with Gasteiger partial charge in [0.1, 0.15) is 0 Å². The second-order valence-corrected chi connectivity index (χ2v) is 7.15. The molecular weight excluding hydrogens is 329 g/mol. The molecular formula is C21H21NO2P+. The molecule has 0 fully saturated rings. The fourth-order valence-corrected chi connectivity index (χ4v) is 3.75. The summed E-state index contributed by atoms with van der Waals surface area (Å²) in [7, 11) is -0.410. The predicted octanol–water partition coefficient (Wildman–Crippen LogP) is 5.45. The summed E-state index contributed by atoms with van der Waals surface area (Å²) in [6.07, 6.45) is 0. The molecule has 2 unspecified atom stereocenters. The molecule has 0 saturated carbocycles. The van der Waals surface area contributed by atoms with Crippen molar-refractivity contribution in [3.05, 3.63) is 108 Å². The third-order valence-corrected chi connectivity index (χ3v) is 5.33. The monoisotopic (exact) mass is 350 g/mol. The number of hydrogen-bond acceptors (Lipinski definition) is 3. The van der Waals surface area contributed by atoms with Gasteiger partial charge in [-0.25, -0.2) is 0 Å². The van der Waals surface area contributed by atoms with Gasteiger partial charge >= 0.3 is 8.03 Å². The molecule has 0 aromatic heterocycles. The van der Waals surface area contributed by atoms with Crippen molar-refractivity contribution in [2.24, 2.45) is 0 Å². The highest BCUT2D eigenvalue weighted by atomic mass is 31.1. The van der Waals surface area contributed by atoms with E-state index in [0.29, 0.717) is 0 Å². The van der Waals surface area contributed by atoms with Crippen LogP contribution >= 0.6 is 8.03 Å². The molecule has 2 atom stereocenters. The molecule has 3 aromatic carbocycles. The van der Waals surface area contributed by atoms with Crippen LogP contribution in [0, 0.1) is 0 Å². The van der Waals surface area contributed by atoms with Gasteiger partial charge in [0.15, 0.2) is 0 Å². The Morgan fingerprint density at radius 1 is 0.720 bits per heavy atom. The zero-order valence-corrected chi connectivity index (χ0v) is 15.0. The van der Waals surface area contributed by atoms with Gasteiger partial charge in [0.2, 0.25) is 0 Å². The van der Waals surface area contributed by atoms with Crippen molar-refractivity contribution >= 4 is 8.03 Å². The van der Waals surface area contributed by atoms with Crippen LogP contribution in [-0.4, -0.2) is 7.11 Å². The molecule has 1 N–H and O–H groups in total. The SMILES string of the molecule is CO[P+](=O)C(NC(c1ccccc1)c1ccccc1)c1ccccc1. The Balaban J connectivity index is 1.99. The summed E-state index contributed by atoms with van der Waals surface area (Å²) in [6.45, 7) is 0. The molecule has 0 bridgehead atoms. The van der Waals surface area contributed by atoms with E-state index in [4.69, 9.17) is 4.52 Å². The van der Waals surface area contributed by atoms with Gasteiger partial charge in [-0.05, 0) is 15.7 Å². The molecule has 3 rings (SSSR count). The van der Waals surface area contributed by atoms with Crippen molar-refractivity contribution in [2.45, 2.75) is 11.8 Å². The molecule has 3 nitrogen and oxygen atoms in total. The maximum absolute atomic E-state index is 12.6. The minimum Gasteiger partial charge on any atom is -0.256 e. The van der Waals surface area contributed by atoms with E-state index in [0.717, 1.165) is 16.7 Å². The van der Waals surface area contributed by atoms with Gasteiger partial charge in [-0.15, -0.1) is 4.52 Å². The second-order valence-electron chi connectivity index (χ2n) is 5.70. The highest BCUT2D eigenvalue weighted by Crippen LogP contribution is 2.41. The lowest BCUT2D eigenvalue weighted by molar-refractivity contribution is 0.392. The molecule has 0 aliphatic rings. The third-order valence-electron chi connectivity index (χ3n) is 4.10. The van der Waals surface area contributed by atoms with Crippen LogP contribution in [0.25, 0.3) is 0 Å². The lowest BCUT2D eigenvalue weighted by atomic mass is 9.98. The smallest absolute Gasteiger partial charge is 0.256 e. The number of nitrogens with one attached hydrogen (secondary N) is 1. The zero-order valence-electron chi connectivity index (χ0n) is 14.1. The maximum Gasteiger partial charge on any atom is 0.532 e. The Hall–Kier alpha value is -2.32. The van der Waals surface area contributed by atoms with Crippen molar-refractivity contribution in [3.63, 3.8) is 0 Å². The van der Waals surface area contributed by atoms with Crippen LogP contribution in [0.2, 0.25) is 0 Å². The summed E-state index contributed by atoms with van der Waals surface area (Å²) < 4.78 is 17.8. The summed E-state index contributed by atoms with van der Waals surface area (Å²) in [4.78, 5) is 0. The number of rotatable bonds is 7. The quantitative estimate of drug-likeness (QED) is 0.576. The molecule has 0 saturated heterocycles. The van der Waals surface area contributed by atoms with E-state index in [-0.39, 0.29) is 6.04 Å². The Morgan fingerprint density at radius 2 is 1.12 bits per heavy atom. The standard InChI is InChI=1S/C21H21NO2P/c1-24-25(23)21(19-15-9-4-10-16-19)22-20(17-11-5-2-6-12-17)18-13-7-3-8-14-18/h2-16,20-22H,1H3/q+1. The molecule has 126 valence electrons. The molecule has 3 aromatic rings. The van der Waals surface area contributed by atoms with Crippen molar-refractivity contribution in [1.82, 2.24) is 5.32 Å². The average Bonchev–Trinajstić information content (AvgIpc) is 2.70. The van der Waals surface area contributed by atoms with Crippen LogP contribution in [0.4, 0.5) is 0 Å². The Kier molecular flexibility index (Phi) is 6.08. The lowest BCUT2D eigenvalue weighted by Gasteiger charge is -2.21. The van der Waals surface area contributed by atoms with E-state index < -0.39 is 13.8 Å². The molecule has 0 heterocycles. The van der Waals surface area contributed by atoms with Crippen LogP contribution in [-0.2, 0) is 9.09 Å². The summed E-state index contributed by atoms with van der Waals surface area (Å²) in [5, 5.41) is 3.54. The number of benzene rings is 3. The minimum absolute atomic E-state index is 0.0818. The van der Waals surface area contributed by atoms with Crippen LogP contribution in [0.3, 0.4) is 0 Å². The van der Waals surface area contributed by atoms with E-state index in [9.17, 15) is 4.57 Å². The van der Waals surface area contributed by atoms with Crippen LogP contribution in [0.15, 0.2) is 91.0 Å². The minimum atomic E-state index is -1.89. The maximum atomic E-state index is 12.6. The first-order valence-corrected chi connectivity index (χ1v) is 9.45. The fraction of sp³-hybridized carbons (Fsp3) is 0.143. The van der Waals surface area contributed by atoms with Gasteiger partial charge in [0, 0.05) is 5.56 Å². The summed E-state index contributed by atoms with van der Waals surface area (Å²) >= 11 is 0. The lowest BCUT2D eigenvalue weighted by Crippen LogP contribution is -2.25. The van der Waals surface area contributed by atoms with Crippen molar-refractivity contribution in [1.29, 1.82) is 0 Å². The predicted molar refractivity (Wildman–Crippen MR) is 102 cm³/mol. The first kappa shape index (κ1) is 17.5. The first-order chi connectivity index (χ1) is 12.3. The summed E-state index contributed by atoms with van der Waals surface area (Å²) in [5.74, 6) is -0.397. The molecule has 0 aliphatic heterocycles. The van der Waals surface area contributed by atoms with E-state index in [1.165, 1.54) is 7.11 Å². The van der Waals surface area contributed by atoms with E-state index in [1.807, 2.05) is 66.7 Å². The average molecular weight is 350 g/mol. The summed E-state index contributed by atoms with van der Waals surface area (Å²) in [6, 6.07) is 30.1. The Labute approximate surface area is 149 Å². The largest absolute Gasteiger partial charge is 0.532 e. The van der Waals surface area contributed by atoms with Crippen LogP contribution in [0.1, 0.15) is 28.5 Å². The highest BCUT2D eigenvalue weighted by Gasteiger charge is 2.36. The van der Waals surface area contributed by atoms with Gasteiger partial charge in [0.25, 0.3) is 5.78 Å². The molecule has 0 radical (unpaired) electrons. The first-order valence-electron chi connectivity index (χ1n) is 8.21.